The average molecular weight is 267 g/mol. The van der Waals surface area contributed by atoms with Gasteiger partial charge in [0, 0.05) is 6.07 Å². The van der Waals surface area contributed by atoms with Gasteiger partial charge in [0.15, 0.2) is 0 Å². The molecule has 20 heavy (non-hydrogen) atoms. The van der Waals surface area contributed by atoms with Gasteiger partial charge in [0.1, 0.15) is 11.5 Å². The predicted molar refractivity (Wildman–Crippen MR) is 84.4 cm³/mol. The van der Waals surface area contributed by atoms with E-state index in [0.29, 0.717) is 0 Å². The summed E-state index contributed by atoms with van der Waals surface area (Å²) in [6.45, 7) is 4.43. The minimum absolute atomic E-state index is 0.883. The van der Waals surface area contributed by atoms with Gasteiger partial charge in [-0.15, -0.1) is 0 Å². The molecule has 2 aromatic rings. The van der Waals surface area contributed by atoms with Crippen LogP contribution in [0, 0.1) is 6.07 Å². The summed E-state index contributed by atoms with van der Waals surface area (Å²) in [5, 5.41) is 0. The van der Waals surface area contributed by atoms with Crippen LogP contribution in [0.2, 0.25) is 0 Å². The van der Waals surface area contributed by atoms with Gasteiger partial charge >= 0.3 is 0 Å². The summed E-state index contributed by atoms with van der Waals surface area (Å²) in [7, 11) is 0. The number of hydrogen-bond acceptors (Lipinski definition) is 1. The van der Waals surface area contributed by atoms with Crippen molar-refractivity contribution >= 4 is 0 Å². The maximum Gasteiger partial charge on any atom is 0.138 e. The molecule has 0 saturated carbocycles. The first-order chi connectivity index (χ1) is 9.85. The SMILES string of the molecule is CCCCCc1c(Oc2ccccc2)[c]ccc1CC. The van der Waals surface area contributed by atoms with Crippen LogP contribution in [-0.2, 0) is 12.8 Å². The van der Waals surface area contributed by atoms with E-state index in [1.54, 1.807) is 0 Å². The first kappa shape index (κ1) is 14.6. The second kappa shape index (κ2) is 7.74. The van der Waals surface area contributed by atoms with Gasteiger partial charge in [0.2, 0.25) is 0 Å². The van der Waals surface area contributed by atoms with Gasteiger partial charge < -0.3 is 4.74 Å². The molecule has 0 aliphatic carbocycles. The number of para-hydroxylation sites is 1. The van der Waals surface area contributed by atoms with Crippen LogP contribution in [0.1, 0.15) is 44.2 Å². The molecule has 0 heterocycles. The highest BCUT2D eigenvalue weighted by Gasteiger charge is 2.09. The maximum atomic E-state index is 6.03. The van der Waals surface area contributed by atoms with Crippen LogP contribution >= 0.6 is 0 Å². The second-order valence-electron chi connectivity index (χ2n) is 5.04. The molecule has 2 rings (SSSR count). The third-order valence-electron chi connectivity index (χ3n) is 3.54. The second-order valence-corrected chi connectivity index (χ2v) is 5.04. The zero-order valence-electron chi connectivity index (χ0n) is 12.5. The van der Waals surface area contributed by atoms with Crippen molar-refractivity contribution in [1.29, 1.82) is 0 Å². The molecule has 0 aliphatic heterocycles. The number of rotatable bonds is 7. The molecule has 0 amide bonds. The van der Waals surface area contributed by atoms with Gasteiger partial charge in [0.05, 0.1) is 0 Å². The standard InChI is InChI=1S/C19H23O/c1-3-5-7-14-18-16(4-2)11-10-15-19(18)20-17-12-8-6-9-13-17/h6,8-13H,3-5,7,14H2,1-2H3. The molecule has 0 aliphatic rings. The molecule has 0 unspecified atom stereocenters. The molecule has 1 radical (unpaired) electrons. The minimum Gasteiger partial charge on any atom is -0.456 e. The van der Waals surface area contributed by atoms with Crippen molar-refractivity contribution in [1.82, 2.24) is 0 Å². The van der Waals surface area contributed by atoms with Crippen LogP contribution in [0.5, 0.6) is 11.5 Å². The van der Waals surface area contributed by atoms with E-state index in [4.69, 9.17) is 4.74 Å². The Morgan fingerprint density at radius 2 is 1.80 bits per heavy atom. The molecule has 0 N–H and O–H groups in total. The highest BCUT2D eigenvalue weighted by molar-refractivity contribution is 5.42. The van der Waals surface area contributed by atoms with Gasteiger partial charge in [0.25, 0.3) is 0 Å². The summed E-state index contributed by atoms with van der Waals surface area (Å²) in [5.41, 5.74) is 2.71. The molecule has 0 spiro atoms. The van der Waals surface area contributed by atoms with Gasteiger partial charge in [-0.3, -0.25) is 0 Å². The van der Waals surface area contributed by atoms with Crippen molar-refractivity contribution < 1.29 is 4.74 Å². The van der Waals surface area contributed by atoms with Crippen LogP contribution < -0.4 is 4.74 Å². The lowest BCUT2D eigenvalue weighted by atomic mass is 9.98. The van der Waals surface area contributed by atoms with Gasteiger partial charge in [-0.25, -0.2) is 0 Å². The number of unbranched alkanes of at least 4 members (excludes halogenated alkanes) is 2. The van der Waals surface area contributed by atoms with Crippen molar-refractivity contribution in [2.75, 3.05) is 0 Å². The van der Waals surface area contributed by atoms with E-state index in [1.807, 2.05) is 36.4 Å². The molecule has 0 fully saturated rings. The van der Waals surface area contributed by atoms with Crippen molar-refractivity contribution in [2.45, 2.75) is 46.0 Å². The summed E-state index contributed by atoms with van der Waals surface area (Å²) in [5.74, 6) is 1.78. The van der Waals surface area contributed by atoms with E-state index in [0.717, 1.165) is 24.3 Å². The Labute approximate surface area is 122 Å². The van der Waals surface area contributed by atoms with Crippen LogP contribution in [0.3, 0.4) is 0 Å². The minimum atomic E-state index is 0.883. The summed E-state index contributed by atoms with van der Waals surface area (Å²) in [4.78, 5) is 0. The number of benzene rings is 2. The maximum absolute atomic E-state index is 6.03. The predicted octanol–water partition coefficient (Wildman–Crippen LogP) is 5.57. The zero-order chi connectivity index (χ0) is 14.2. The fraction of sp³-hybridized carbons (Fsp3) is 0.368. The monoisotopic (exact) mass is 267 g/mol. The Kier molecular flexibility index (Phi) is 5.67. The lowest BCUT2D eigenvalue weighted by molar-refractivity contribution is 0.472. The smallest absolute Gasteiger partial charge is 0.138 e. The fourth-order valence-corrected chi connectivity index (χ4v) is 2.41. The van der Waals surface area contributed by atoms with Crippen molar-refractivity contribution in [3.05, 3.63) is 59.7 Å². The average Bonchev–Trinajstić information content (AvgIpc) is 2.50. The summed E-state index contributed by atoms with van der Waals surface area (Å²) >= 11 is 0. The molecule has 1 heteroatoms. The van der Waals surface area contributed by atoms with E-state index in [-0.39, 0.29) is 0 Å². The van der Waals surface area contributed by atoms with E-state index < -0.39 is 0 Å². The normalized spacial score (nSPS) is 10.5. The number of aryl methyl sites for hydroxylation is 1. The molecule has 0 aromatic heterocycles. The van der Waals surface area contributed by atoms with E-state index in [2.05, 4.69) is 26.0 Å². The van der Waals surface area contributed by atoms with Gasteiger partial charge in [-0.1, -0.05) is 57.0 Å². The van der Waals surface area contributed by atoms with Gasteiger partial charge in [-0.05, 0) is 42.5 Å². The fourth-order valence-electron chi connectivity index (χ4n) is 2.41. The highest BCUT2D eigenvalue weighted by atomic mass is 16.5. The molecule has 105 valence electrons. The Morgan fingerprint density at radius 3 is 2.50 bits per heavy atom. The first-order valence-electron chi connectivity index (χ1n) is 7.60. The van der Waals surface area contributed by atoms with Crippen molar-refractivity contribution in [3.63, 3.8) is 0 Å². The van der Waals surface area contributed by atoms with Crippen LogP contribution in [0.15, 0.2) is 42.5 Å². The summed E-state index contributed by atoms with van der Waals surface area (Å²) in [6, 6.07) is 17.4. The Balaban J connectivity index is 2.22. The highest BCUT2D eigenvalue weighted by Crippen LogP contribution is 2.29. The van der Waals surface area contributed by atoms with Crippen molar-refractivity contribution in [2.24, 2.45) is 0 Å². The third kappa shape index (κ3) is 3.86. The third-order valence-corrected chi connectivity index (χ3v) is 3.54. The molecule has 0 atom stereocenters. The molecular formula is C19H23O. The largest absolute Gasteiger partial charge is 0.456 e. The lowest BCUT2D eigenvalue weighted by Crippen LogP contribution is -1.98. The van der Waals surface area contributed by atoms with Gasteiger partial charge in [-0.2, -0.15) is 0 Å². The molecule has 1 nitrogen and oxygen atoms in total. The van der Waals surface area contributed by atoms with Crippen LogP contribution in [0.4, 0.5) is 0 Å². The summed E-state index contributed by atoms with van der Waals surface area (Å²) in [6.07, 6.45) is 5.85. The molecular weight excluding hydrogens is 244 g/mol. The topological polar surface area (TPSA) is 9.23 Å². The Hall–Kier alpha value is -1.76. The van der Waals surface area contributed by atoms with Crippen LogP contribution in [0.25, 0.3) is 0 Å². The van der Waals surface area contributed by atoms with Crippen molar-refractivity contribution in [3.8, 4) is 11.5 Å². The molecule has 0 saturated heterocycles. The Bertz CT molecular complexity index is 517. The zero-order valence-corrected chi connectivity index (χ0v) is 12.5. The molecule has 0 bridgehead atoms. The van der Waals surface area contributed by atoms with E-state index in [1.165, 1.54) is 30.4 Å². The van der Waals surface area contributed by atoms with E-state index >= 15 is 0 Å². The molecule has 2 aromatic carbocycles. The van der Waals surface area contributed by atoms with E-state index in [9.17, 15) is 0 Å². The number of ether oxygens (including phenoxy) is 1. The Morgan fingerprint density at radius 1 is 1.00 bits per heavy atom. The quantitative estimate of drug-likeness (QED) is 0.595. The first-order valence-corrected chi connectivity index (χ1v) is 7.60. The lowest BCUT2D eigenvalue weighted by Gasteiger charge is -2.14. The number of hydrogen-bond donors (Lipinski definition) is 0. The van der Waals surface area contributed by atoms with Crippen LogP contribution in [-0.4, -0.2) is 0 Å². The summed E-state index contributed by atoms with van der Waals surface area (Å²) < 4.78 is 6.03.